The Bertz CT molecular complexity index is 1050. The molecule has 73 heavy (non-hydrogen) atoms. The van der Waals surface area contributed by atoms with Crippen molar-refractivity contribution in [1.29, 1.82) is 0 Å². The molecule has 0 saturated heterocycles. The van der Waals surface area contributed by atoms with Crippen molar-refractivity contribution in [2.45, 2.75) is 387 Å². The van der Waals surface area contributed by atoms with Gasteiger partial charge in [-0.3, -0.25) is 9.59 Å². The first-order valence-corrected chi connectivity index (χ1v) is 32.0. The van der Waals surface area contributed by atoms with E-state index in [0.717, 1.165) is 77.0 Å². The Morgan fingerprint density at radius 2 is 0.411 bits per heavy atom. The molecular formula is C64H122O8Zn. The van der Waals surface area contributed by atoms with E-state index in [1.54, 1.807) is 0 Å². The average molecular weight is 1090 g/mol. The zero-order valence-electron chi connectivity index (χ0n) is 49.3. The zero-order chi connectivity index (χ0) is 53.1. The van der Waals surface area contributed by atoms with Crippen LogP contribution in [-0.2, 0) is 48.1 Å². The number of carbonyl (C=O) groups excluding carboxylic acids is 4. The van der Waals surface area contributed by atoms with Crippen LogP contribution >= 0.6 is 0 Å². The number of unbranched alkanes of at least 4 members (excludes halogenated alkanes) is 46. The average Bonchev–Trinajstić information content (AvgIpc) is 3.36. The van der Waals surface area contributed by atoms with Gasteiger partial charge >= 0.3 is 31.4 Å². The summed E-state index contributed by atoms with van der Waals surface area (Å²) in [5, 5.41) is 22.7. The Hall–Kier alpha value is -1.50. The third-order valence-corrected chi connectivity index (χ3v) is 14.7. The molecule has 8 nitrogen and oxygen atoms in total. The van der Waals surface area contributed by atoms with Gasteiger partial charge in [-0.05, 0) is 38.5 Å². The maximum absolute atomic E-state index is 12.1. The SMILES string of the molecule is CCCCCCCCCCCCCCCCC(OC(=O)CCCCCCCCCCCCC)C(=O)[O-].CCCCCCCCCCCCCCCCC(OC(=O)CCCCCCCCCCCCC)C(=O)[O-].[Zn+2]. The van der Waals surface area contributed by atoms with Gasteiger partial charge in [0.1, 0.15) is 12.2 Å². The van der Waals surface area contributed by atoms with Gasteiger partial charge in [-0.15, -0.1) is 0 Å². The minimum Gasteiger partial charge on any atom is -0.546 e. The summed E-state index contributed by atoms with van der Waals surface area (Å²) in [4.78, 5) is 46.8. The van der Waals surface area contributed by atoms with Gasteiger partial charge in [0.05, 0.1) is 11.9 Å². The summed E-state index contributed by atoms with van der Waals surface area (Å²) in [6, 6.07) is 0. The van der Waals surface area contributed by atoms with E-state index in [0.29, 0.717) is 25.7 Å². The van der Waals surface area contributed by atoms with Crippen LogP contribution in [-0.4, -0.2) is 36.1 Å². The van der Waals surface area contributed by atoms with E-state index in [1.165, 1.54) is 244 Å². The summed E-state index contributed by atoms with van der Waals surface area (Å²) in [7, 11) is 0. The molecule has 0 saturated carbocycles. The van der Waals surface area contributed by atoms with Crippen LogP contribution in [0.25, 0.3) is 0 Å². The van der Waals surface area contributed by atoms with E-state index in [2.05, 4.69) is 27.7 Å². The Labute approximate surface area is 466 Å². The topological polar surface area (TPSA) is 133 Å². The van der Waals surface area contributed by atoms with Gasteiger partial charge in [0.15, 0.2) is 0 Å². The van der Waals surface area contributed by atoms with Crippen molar-refractivity contribution >= 4 is 23.9 Å². The summed E-state index contributed by atoms with van der Waals surface area (Å²) >= 11 is 0. The van der Waals surface area contributed by atoms with Crippen molar-refractivity contribution in [1.82, 2.24) is 0 Å². The second-order valence-corrected chi connectivity index (χ2v) is 21.9. The molecule has 0 aliphatic heterocycles. The van der Waals surface area contributed by atoms with Crippen molar-refractivity contribution in [2.24, 2.45) is 0 Å². The van der Waals surface area contributed by atoms with Crippen LogP contribution < -0.4 is 10.2 Å². The third-order valence-electron chi connectivity index (χ3n) is 14.7. The standard InChI is InChI=1S/2C32H62O4.Zn/c2*1-3-5-7-9-11-13-15-16-17-19-20-22-24-26-28-30(32(34)35)36-31(33)29-27-25-23-21-18-14-12-10-8-6-4-2;/h2*30H,3-29H2,1-2H3,(H,34,35);/q;;+2/p-2. The Kier molecular flexibility index (Phi) is 67.2. The van der Waals surface area contributed by atoms with Crippen LogP contribution in [0.4, 0.5) is 0 Å². The molecule has 0 fully saturated rings. The van der Waals surface area contributed by atoms with Crippen molar-refractivity contribution in [3.63, 3.8) is 0 Å². The molecule has 9 heteroatoms. The number of hydrogen-bond donors (Lipinski definition) is 0. The molecule has 0 amide bonds. The zero-order valence-corrected chi connectivity index (χ0v) is 52.3. The first kappa shape index (κ1) is 75.7. The van der Waals surface area contributed by atoms with Gasteiger partial charge in [-0.1, -0.05) is 323 Å². The van der Waals surface area contributed by atoms with E-state index in [-0.39, 0.29) is 31.4 Å². The summed E-state index contributed by atoms with van der Waals surface area (Å²) < 4.78 is 10.4. The molecule has 0 aliphatic rings. The second kappa shape index (κ2) is 64.8. The predicted octanol–water partition coefficient (Wildman–Crippen LogP) is 18.4. The van der Waals surface area contributed by atoms with Crippen LogP contribution in [0.3, 0.4) is 0 Å². The fourth-order valence-electron chi connectivity index (χ4n) is 9.80. The normalized spacial score (nSPS) is 11.9. The molecule has 0 rings (SSSR count). The molecule has 2 atom stereocenters. The Morgan fingerprint density at radius 3 is 0.575 bits per heavy atom. The van der Waals surface area contributed by atoms with Crippen LogP contribution in [0.5, 0.6) is 0 Å². The minimum absolute atomic E-state index is 0. The second-order valence-electron chi connectivity index (χ2n) is 21.9. The molecule has 0 N–H and O–H groups in total. The minimum atomic E-state index is -1.25. The monoisotopic (exact) mass is 1080 g/mol. The number of carboxylic acid groups (broad SMARTS) is 2. The molecular weight excluding hydrogens is 962 g/mol. The summed E-state index contributed by atoms with van der Waals surface area (Å²) in [6.45, 7) is 9.01. The van der Waals surface area contributed by atoms with Crippen LogP contribution in [0.15, 0.2) is 0 Å². The van der Waals surface area contributed by atoms with Gasteiger partial charge < -0.3 is 29.3 Å². The summed E-state index contributed by atoms with van der Waals surface area (Å²) in [5.41, 5.74) is 0. The Balaban J connectivity index is -0.00000132. The molecule has 428 valence electrons. The molecule has 0 aromatic carbocycles. The molecule has 0 heterocycles. The van der Waals surface area contributed by atoms with E-state index >= 15 is 0 Å². The van der Waals surface area contributed by atoms with Gasteiger partial charge in [-0.25, -0.2) is 0 Å². The number of carbonyl (C=O) groups is 4. The quantitative estimate of drug-likeness (QED) is 0.0334. The molecule has 0 bridgehead atoms. The first-order chi connectivity index (χ1) is 35.2. The Morgan fingerprint density at radius 1 is 0.260 bits per heavy atom. The first-order valence-electron chi connectivity index (χ1n) is 32.0. The molecule has 2 unspecified atom stereocenters. The maximum atomic E-state index is 12.1. The third kappa shape index (κ3) is 62.9. The van der Waals surface area contributed by atoms with Gasteiger partial charge in [0.25, 0.3) is 0 Å². The van der Waals surface area contributed by atoms with E-state index in [9.17, 15) is 29.4 Å². The fraction of sp³-hybridized carbons (Fsp3) is 0.938. The van der Waals surface area contributed by atoms with Crippen LogP contribution in [0.1, 0.15) is 374 Å². The number of esters is 2. The van der Waals surface area contributed by atoms with Gasteiger partial charge in [0.2, 0.25) is 0 Å². The van der Waals surface area contributed by atoms with Crippen molar-refractivity contribution in [2.75, 3.05) is 0 Å². The largest absolute Gasteiger partial charge is 2.00 e. The number of carboxylic acids is 2. The van der Waals surface area contributed by atoms with Crippen molar-refractivity contribution in [3.05, 3.63) is 0 Å². The number of hydrogen-bond acceptors (Lipinski definition) is 8. The van der Waals surface area contributed by atoms with Crippen LogP contribution in [0.2, 0.25) is 0 Å². The summed E-state index contributed by atoms with van der Waals surface area (Å²) in [6.07, 6.45) is 61.6. The number of rotatable bonds is 58. The van der Waals surface area contributed by atoms with Crippen molar-refractivity contribution < 1.29 is 58.3 Å². The fourth-order valence-corrected chi connectivity index (χ4v) is 9.80. The van der Waals surface area contributed by atoms with Crippen molar-refractivity contribution in [3.8, 4) is 0 Å². The molecule has 0 aromatic rings. The van der Waals surface area contributed by atoms with Gasteiger partial charge in [0, 0.05) is 12.8 Å². The summed E-state index contributed by atoms with van der Waals surface area (Å²) in [5.74, 6) is -3.27. The van der Waals surface area contributed by atoms with E-state index < -0.39 is 24.1 Å². The van der Waals surface area contributed by atoms with E-state index in [1.807, 2.05) is 0 Å². The molecule has 0 radical (unpaired) electrons. The number of aliphatic carboxylic acids is 2. The molecule has 0 aliphatic carbocycles. The van der Waals surface area contributed by atoms with Crippen LogP contribution in [0, 0.1) is 0 Å². The smallest absolute Gasteiger partial charge is 0.546 e. The van der Waals surface area contributed by atoms with Gasteiger partial charge in [-0.2, -0.15) is 0 Å². The maximum Gasteiger partial charge on any atom is 2.00 e. The molecule has 0 aromatic heterocycles. The predicted molar refractivity (Wildman–Crippen MR) is 302 cm³/mol. The number of ether oxygens (including phenoxy) is 2. The van der Waals surface area contributed by atoms with E-state index in [4.69, 9.17) is 9.47 Å². The molecule has 0 spiro atoms.